The molecule has 0 radical (unpaired) electrons. The molecule has 6 aromatic rings. The van der Waals surface area contributed by atoms with Gasteiger partial charge in [-0.3, -0.25) is 5.32 Å². The summed E-state index contributed by atoms with van der Waals surface area (Å²) in [5, 5.41) is 11.5. The fourth-order valence-corrected chi connectivity index (χ4v) is 5.37. The van der Waals surface area contributed by atoms with Gasteiger partial charge in [0, 0.05) is 10.9 Å². The second kappa shape index (κ2) is 8.14. The van der Waals surface area contributed by atoms with E-state index in [-0.39, 0.29) is 17.7 Å². The van der Waals surface area contributed by atoms with E-state index in [9.17, 15) is 9.18 Å². The quantitative estimate of drug-likeness (QED) is 0.288. The standard InChI is InChI=1S/C28H21FN6O2/c29-18-12-10-16(11-13-18)23-15-30-25(32-23)22-14-20-19-8-4-5-9-21(19)31-24(20)28(33-22,17-6-2-1-3-7-17)26-34-35-27(36)37-26/h1-13,15,22,31,33H,14H2,(H,30,32)(H,35,36)/t22-,28?/m1/s1. The number of H-pyrrole nitrogens is 3. The number of imidazole rings is 1. The Morgan fingerprint density at radius 1 is 0.946 bits per heavy atom. The zero-order chi connectivity index (χ0) is 25.0. The summed E-state index contributed by atoms with van der Waals surface area (Å²) in [6, 6.07) is 23.8. The van der Waals surface area contributed by atoms with Crippen molar-refractivity contribution in [3.05, 3.63) is 130 Å². The van der Waals surface area contributed by atoms with Crippen molar-refractivity contribution in [1.82, 2.24) is 30.5 Å². The maximum absolute atomic E-state index is 13.5. The number of benzene rings is 3. The van der Waals surface area contributed by atoms with Crippen molar-refractivity contribution in [2.45, 2.75) is 18.0 Å². The molecule has 1 unspecified atom stereocenters. The second-order valence-corrected chi connectivity index (χ2v) is 9.15. The zero-order valence-electron chi connectivity index (χ0n) is 19.5. The van der Waals surface area contributed by atoms with Crippen LogP contribution in [0, 0.1) is 5.82 Å². The summed E-state index contributed by atoms with van der Waals surface area (Å²) in [5.74, 6) is -0.0270. The highest BCUT2D eigenvalue weighted by molar-refractivity contribution is 5.86. The van der Waals surface area contributed by atoms with Crippen molar-refractivity contribution in [1.29, 1.82) is 0 Å². The van der Waals surface area contributed by atoms with Gasteiger partial charge in [0.25, 0.3) is 0 Å². The van der Waals surface area contributed by atoms with Crippen LogP contribution in [0.4, 0.5) is 4.39 Å². The molecule has 8 nitrogen and oxygen atoms in total. The highest BCUT2D eigenvalue weighted by Crippen LogP contribution is 2.45. The predicted octanol–water partition coefficient (Wildman–Crippen LogP) is 4.55. The first-order valence-electron chi connectivity index (χ1n) is 11.9. The van der Waals surface area contributed by atoms with Crippen molar-refractivity contribution < 1.29 is 8.81 Å². The van der Waals surface area contributed by atoms with Gasteiger partial charge in [0.1, 0.15) is 11.6 Å². The van der Waals surface area contributed by atoms with Crippen LogP contribution in [-0.2, 0) is 12.0 Å². The molecule has 0 bridgehead atoms. The highest BCUT2D eigenvalue weighted by atomic mass is 19.1. The van der Waals surface area contributed by atoms with Crippen molar-refractivity contribution in [2.24, 2.45) is 0 Å². The molecular weight excluding hydrogens is 471 g/mol. The summed E-state index contributed by atoms with van der Waals surface area (Å²) in [7, 11) is 0. The van der Waals surface area contributed by atoms with Gasteiger partial charge in [-0.15, -0.1) is 5.10 Å². The van der Waals surface area contributed by atoms with Crippen LogP contribution in [0.1, 0.15) is 34.6 Å². The average Bonchev–Trinajstić information content (AvgIpc) is 3.68. The first-order chi connectivity index (χ1) is 18.1. The lowest BCUT2D eigenvalue weighted by atomic mass is 9.78. The Morgan fingerprint density at radius 3 is 2.51 bits per heavy atom. The van der Waals surface area contributed by atoms with E-state index in [0.717, 1.165) is 39.0 Å². The average molecular weight is 493 g/mol. The van der Waals surface area contributed by atoms with Crippen molar-refractivity contribution in [3.8, 4) is 11.3 Å². The lowest BCUT2D eigenvalue weighted by Crippen LogP contribution is -2.51. The van der Waals surface area contributed by atoms with E-state index in [2.05, 4.69) is 31.5 Å². The van der Waals surface area contributed by atoms with E-state index in [4.69, 9.17) is 9.40 Å². The fraction of sp³-hybridized carbons (Fsp3) is 0.107. The van der Waals surface area contributed by atoms with Crippen LogP contribution >= 0.6 is 0 Å². The van der Waals surface area contributed by atoms with E-state index < -0.39 is 11.3 Å². The molecular formula is C28H21FN6O2. The van der Waals surface area contributed by atoms with Gasteiger partial charge in [-0.25, -0.2) is 19.3 Å². The molecule has 0 fully saturated rings. The lowest BCUT2D eigenvalue weighted by Gasteiger charge is -2.39. The molecule has 1 aliphatic heterocycles. The van der Waals surface area contributed by atoms with Crippen LogP contribution in [0.25, 0.3) is 22.2 Å². The molecule has 1 aliphatic rings. The molecule has 37 heavy (non-hydrogen) atoms. The molecule has 4 heterocycles. The SMILES string of the molecule is O=c1[nH]nc(C2(c3ccccc3)N[C@@H](c3ncc(-c4ccc(F)cc4)[nH]3)Cc3c2[nH]c2ccccc32)o1. The molecule has 0 spiro atoms. The Bertz CT molecular complexity index is 1780. The van der Waals surface area contributed by atoms with E-state index in [1.54, 1.807) is 18.3 Å². The van der Waals surface area contributed by atoms with Crippen molar-refractivity contribution in [2.75, 3.05) is 0 Å². The summed E-state index contributed by atoms with van der Waals surface area (Å²) in [4.78, 5) is 23.8. The molecule has 0 saturated carbocycles. The van der Waals surface area contributed by atoms with Gasteiger partial charge < -0.3 is 14.4 Å². The maximum atomic E-state index is 13.5. The number of rotatable bonds is 4. The van der Waals surface area contributed by atoms with Gasteiger partial charge in [0.15, 0.2) is 5.54 Å². The van der Waals surface area contributed by atoms with E-state index >= 15 is 0 Å². The van der Waals surface area contributed by atoms with Crippen LogP contribution in [0.3, 0.4) is 0 Å². The second-order valence-electron chi connectivity index (χ2n) is 9.15. The molecule has 3 aromatic heterocycles. The number of nitrogens with one attached hydrogen (secondary N) is 4. The van der Waals surface area contributed by atoms with Crippen LogP contribution in [-0.4, -0.2) is 25.1 Å². The third-order valence-corrected chi connectivity index (χ3v) is 7.03. The molecule has 4 N–H and O–H groups in total. The summed E-state index contributed by atoms with van der Waals surface area (Å²) in [6.45, 7) is 0. The monoisotopic (exact) mass is 492 g/mol. The number of aromatic amines is 3. The first kappa shape index (κ1) is 21.5. The third-order valence-electron chi connectivity index (χ3n) is 7.03. The summed E-state index contributed by atoms with van der Waals surface area (Å²) in [6.07, 6.45) is 2.37. The van der Waals surface area contributed by atoms with Gasteiger partial charge in [0.2, 0.25) is 5.89 Å². The van der Waals surface area contributed by atoms with Crippen LogP contribution in [0.5, 0.6) is 0 Å². The number of hydrogen-bond acceptors (Lipinski definition) is 5. The number of halogens is 1. The first-order valence-corrected chi connectivity index (χ1v) is 11.9. The summed E-state index contributed by atoms with van der Waals surface area (Å²) >= 11 is 0. The molecule has 2 atom stereocenters. The van der Waals surface area contributed by atoms with Crippen LogP contribution in [0.2, 0.25) is 0 Å². The summed E-state index contributed by atoms with van der Waals surface area (Å²) in [5.41, 5.74) is 4.27. The molecule has 0 aliphatic carbocycles. The topological polar surface area (TPSA) is 115 Å². The Kier molecular flexibility index (Phi) is 4.73. The van der Waals surface area contributed by atoms with E-state index in [1.807, 2.05) is 48.5 Å². The minimum absolute atomic E-state index is 0.200. The van der Waals surface area contributed by atoms with Gasteiger partial charge in [-0.05, 0) is 53.4 Å². The van der Waals surface area contributed by atoms with Crippen molar-refractivity contribution >= 4 is 10.9 Å². The Balaban J connectivity index is 1.45. The number of nitrogens with zero attached hydrogens (tertiary/aromatic N) is 2. The van der Waals surface area contributed by atoms with Gasteiger partial charge in [0.05, 0.1) is 23.6 Å². The molecule has 3 aromatic carbocycles. The minimum Gasteiger partial charge on any atom is -0.390 e. The van der Waals surface area contributed by atoms with Gasteiger partial charge in [-0.2, -0.15) is 0 Å². The summed E-state index contributed by atoms with van der Waals surface area (Å²) < 4.78 is 19.1. The largest absolute Gasteiger partial charge is 0.434 e. The molecule has 182 valence electrons. The number of hydrogen-bond donors (Lipinski definition) is 4. The van der Waals surface area contributed by atoms with Gasteiger partial charge in [-0.1, -0.05) is 48.5 Å². The smallest absolute Gasteiger partial charge is 0.390 e. The van der Waals surface area contributed by atoms with Crippen LogP contribution < -0.4 is 11.1 Å². The molecule has 0 amide bonds. The lowest BCUT2D eigenvalue weighted by molar-refractivity contribution is 0.284. The van der Waals surface area contributed by atoms with E-state index in [0.29, 0.717) is 12.2 Å². The van der Waals surface area contributed by atoms with E-state index in [1.165, 1.54) is 12.1 Å². The number of fused-ring (bicyclic) bond motifs is 3. The van der Waals surface area contributed by atoms with Crippen LogP contribution in [0.15, 0.2) is 94.3 Å². The minimum atomic E-state index is -1.10. The molecule has 9 heteroatoms. The normalized spacial score (nSPS) is 19.2. The zero-order valence-corrected chi connectivity index (χ0v) is 19.5. The maximum Gasteiger partial charge on any atom is 0.434 e. The molecule has 0 saturated heterocycles. The predicted molar refractivity (Wildman–Crippen MR) is 135 cm³/mol. The number of para-hydroxylation sites is 1. The number of aromatic nitrogens is 5. The van der Waals surface area contributed by atoms with Gasteiger partial charge >= 0.3 is 5.76 Å². The Labute approximate surface area is 209 Å². The highest BCUT2D eigenvalue weighted by Gasteiger charge is 2.49. The van der Waals surface area contributed by atoms with Crippen molar-refractivity contribution in [3.63, 3.8) is 0 Å². The fourth-order valence-electron chi connectivity index (χ4n) is 5.37. The third kappa shape index (κ3) is 3.35. The Hall–Kier alpha value is -4.76. The Morgan fingerprint density at radius 2 is 1.73 bits per heavy atom. The molecule has 7 rings (SSSR count).